The Labute approximate surface area is 145 Å². The van der Waals surface area contributed by atoms with E-state index in [0.717, 1.165) is 17.7 Å². The van der Waals surface area contributed by atoms with Crippen molar-refractivity contribution in [3.63, 3.8) is 0 Å². The van der Waals surface area contributed by atoms with Gasteiger partial charge in [-0.25, -0.2) is 13.5 Å². The molecule has 0 aliphatic rings. The number of aryl methyl sites for hydroxylation is 1. The van der Waals surface area contributed by atoms with Gasteiger partial charge in [0.05, 0.1) is 5.69 Å². The SMILES string of the molecule is Cc1ccc(-n2nc(Br)cc2C(=O)Nc2c(F)cccc2F)cc1. The smallest absolute Gasteiger partial charge is 0.274 e. The summed E-state index contributed by atoms with van der Waals surface area (Å²) in [6, 6.07) is 12.2. The zero-order valence-electron chi connectivity index (χ0n) is 12.6. The highest BCUT2D eigenvalue weighted by molar-refractivity contribution is 9.10. The van der Waals surface area contributed by atoms with E-state index in [1.807, 2.05) is 19.1 Å². The van der Waals surface area contributed by atoms with Crippen molar-refractivity contribution in [2.75, 3.05) is 5.32 Å². The fraction of sp³-hybridized carbons (Fsp3) is 0.0588. The number of carbonyl (C=O) groups excluding carboxylic acids is 1. The summed E-state index contributed by atoms with van der Waals surface area (Å²) >= 11 is 3.22. The van der Waals surface area contributed by atoms with Crippen LogP contribution >= 0.6 is 15.9 Å². The van der Waals surface area contributed by atoms with Crippen LogP contribution in [0.5, 0.6) is 0 Å². The van der Waals surface area contributed by atoms with Gasteiger partial charge >= 0.3 is 0 Å². The molecule has 4 nitrogen and oxygen atoms in total. The molecule has 0 unspecified atom stereocenters. The minimum atomic E-state index is -0.844. The zero-order valence-corrected chi connectivity index (χ0v) is 14.1. The first kappa shape index (κ1) is 16.3. The molecule has 24 heavy (non-hydrogen) atoms. The summed E-state index contributed by atoms with van der Waals surface area (Å²) in [5.74, 6) is -2.36. The normalized spacial score (nSPS) is 10.7. The maximum atomic E-state index is 13.7. The van der Waals surface area contributed by atoms with Crippen molar-refractivity contribution in [1.82, 2.24) is 9.78 Å². The first-order valence-corrected chi connectivity index (χ1v) is 7.83. The van der Waals surface area contributed by atoms with E-state index in [9.17, 15) is 13.6 Å². The molecule has 1 N–H and O–H groups in total. The Morgan fingerprint density at radius 2 is 1.75 bits per heavy atom. The van der Waals surface area contributed by atoms with Crippen molar-refractivity contribution >= 4 is 27.5 Å². The number of carbonyl (C=O) groups is 1. The number of nitrogens with zero attached hydrogens (tertiary/aromatic N) is 2. The largest absolute Gasteiger partial charge is 0.316 e. The van der Waals surface area contributed by atoms with Crippen LogP contribution in [-0.4, -0.2) is 15.7 Å². The van der Waals surface area contributed by atoms with Crippen molar-refractivity contribution < 1.29 is 13.6 Å². The van der Waals surface area contributed by atoms with Gasteiger partial charge in [0.2, 0.25) is 0 Å². The molecule has 0 saturated heterocycles. The van der Waals surface area contributed by atoms with Crippen LogP contribution in [0.1, 0.15) is 16.1 Å². The third kappa shape index (κ3) is 3.21. The molecule has 0 aliphatic carbocycles. The Bertz CT molecular complexity index is 886. The third-order valence-electron chi connectivity index (χ3n) is 3.39. The second-order valence-electron chi connectivity index (χ2n) is 5.15. The average Bonchev–Trinajstić information content (AvgIpc) is 2.94. The van der Waals surface area contributed by atoms with E-state index < -0.39 is 23.2 Å². The Morgan fingerprint density at radius 3 is 2.38 bits per heavy atom. The van der Waals surface area contributed by atoms with E-state index in [2.05, 4.69) is 26.3 Å². The molecule has 1 aromatic heterocycles. The number of amides is 1. The quantitative estimate of drug-likeness (QED) is 0.715. The Morgan fingerprint density at radius 1 is 1.12 bits per heavy atom. The van der Waals surface area contributed by atoms with Crippen molar-refractivity contribution in [1.29, 1.82) is 0 Å². The molecule has 0 aliphatic heterocycles. The predicted octanol–water partition coefficient (Wildman–Crippen LogP) is 4.47. The monoisotopic (exact) mass is 391 g/mol. The lowest BCUT2D eigenvalue weighted by atomic mass is 10.2. The van der Waals surface area contributed by atoms with Crippen LogP contribution in [0.3, 0.4) is 0 Å². The number of hydrogen-bond acceptors (Lipinski definition) is 2. The molecule has 3 aromatic rings. The Balaban J connectivity index is 1.98. The summed E-state index contributed by atoms with van der Waals surface area (Å²) in [7, 11) is 0. The number of para-hydroxylation sites is 1. The number of anilines is 1. The van der Waals surface area contributed by atoms with Crippen LogP contribution in [0.4, 0.5) is 14.5 Å². The van der Waals surface area contributed by atoms with Crippen LogP contribution in [0, 0.1) is 18.6 Å². The standard InChI is InChI=1S/C17H12BrF2N3O/c1-10-5-7-11(8-6-10)23-14(9-15(18)22-23)17(24)21-16-12(19)3-2-4-13(16)20/h2-9H,1H3,(H,21,24). The Kier molecular flexibility index (Phi) is 4.44. The first-order valence-electron chi connectivity index (χ1n) is 7.03. The van der Waals surface area contributed by atoms with Gasteiger partial charge < -0.3 is 5.32 Å². The predicted molar refractivity (Wildman–Crippen MR) is 90.3 cm³/mol. The van der Waals surface area contributed by atoms with Gasteiger partial charge in [-0.15, -0.1) is 0 Å². The van der Waals surface area contributed by atoms with Gasteiger partial charge in [0, 0.05) is 6.07 Å². The van der Waals surface area contributed by atoms with Crippen molar-refractivity contribution in [2.45, 2.75) is 6.92 Å². The van der Waals surface area contributed by atoms with Crippen molar-refractivity contribution in [2.24, 2.45) is 0 Å². The first-order chi connectivity index (χ1) is 11.5. The molecular weight excluding hydrogens is 380 g/mol. The van der Waals surface area contributed by atoms with E-state index in [0.29, 0.717) is 10.3 Å². The molecule has 7 heteroatoms. The molecule has 0 saturated carbocycles. The summed E-state index contributed by atoms with van der Waals surface area (Å²) in [6.07, 6.45) is 0. The summed E-state index contributed by atoms with van der Waals surface area (Å²) in [4.78, 5) is 12.5. The lowest BCUT2D eigenvalue weighted by Crippen LogP contribution is -2.18. The fourth-order valence-electron chi connectivity index (χ4n) is 2.19. The molecule has 1 amide bonds. The molecular formula is C17H12BrF2N3O. The Hall–Kier alpha value is -2.54. The van der Waals surface area contributed by atoms with E-state index >= 15 is 0 Å². The number of nitrogens with one attached hydrogen (secondary N) is 1. The summed E-state index contributed by atoms with van der Waals surface area (Å²) in [5, 5.41) is 6.46. The molecule has 1 heterocycles. The van der Waals surface area contributed by atoms with Crippen molar-refractivity contribution in [3.05, 3.63) is 76.0 Å². The van der Waals surface area contributed by atoms with Gasteiger partial charge in [-0.05, 0) is 47.1 Å². The molecule has 122 valence electrons. The van der Waals surface area contributed by atoms with Crippen LogP contribution in [-0.2, 0) is 0 Å². The van der Waals surface area contributed by atoms with Crippen LogP contribution in [0.2, 0.25) is 0 Å². The molecule has 3 rings (SSSR count). The van der Waals surface area contributed by atoms with E-state index in [1.165, 1.54) is 16.8 Å². The van der Waals surface area contributed by atoms with Gasteiger partial charge in [0.1, 0.15) is 27.6 Å². The maximum absolute atomic E-state index is 13.7. The minimum Gasteiger partial charge on any atom is -0.316 e. The highest BCUT2D eigenvalue weighted by Crippen LogP contribution is 2.21. The number of hydrogen-bond donors (Lipinski definition) is 1. The van der Waals surface area contributed by atoms with Gasteiger partial charge in [-0.2, -0.15) is 5.10 Å². The molecule has 0 radical (unpaired) electrons. The second kappa shape index (κ2) is 6.52. The van der Waals surface area contributed by atoms with Crippen LogP contribution < -0.4 is 5.32 Å². The molecule has 0 atom stereocenters. The number of rotatable bonds is 3. The molecule has 0 fully saturated rings. The second-order valence-corrected chi connectivity index (χ2v) is 5.96. The van der Waals surface area contributed by atoms with Gasteiger partial charge in [0.25, 0.3) is 5.91 Å². The minimum absolute atomic E-state index is 0.147. The van der Waals surface area contributed by atoms with Crippen molar-refractivity contribution in [3.8, 4) is 5.69 Å². The average molecular weight is 392 g/mol. The van der Waals surface area contributed by atoms with Crippen LogP contribution in [0.15, 0.2) is 53.1 Å². The lowest BCUT2D eigenvalue weighted by Gasteiger charge is -2.10. The highest BCUT2D eigenvalue weighted by atomic mass is 79.9. The van der Waals surface area contributed by atoms with E-state index in [1.54, 1.807) is 12.1 Å². The van der Waals surface area contributed by atoms with Gasteiger partial charge in [0.15, 0.2) is 0 Å². The summed E-state index contributed by atoms with van der Waals surface area (Å²) in [6.45, 7) is 1.94. The third-order valence-corrected chi connectivity index (χ3v) is 3.78. The van der Waals surface area contributed by atoms with Crippen LogP contribution in [0.25, 0.3) is 5.69 Å². The van der Waals surface area contributed by atoms with Gasteiger partial charge in [-0.3, -0.25) is 4.79 Å². The fourth-order valence-corrected chi connectivity index (χ4v) is 2.57. The highest BCUT2D eigenvalue weighted by Gasteiger charge is 2.19. The zero-order chi connectivity index (χ0) is 17.3. The number of halogens is 3. The molecule has 0 spiro atoms. The summed E-state index contributed by atoms with van der Waals surface area (Å²) in [5.41, 5.74) is 1.37. The van der Waals surface area contributed by atoms with E-state index in [-0.39, 0.29) is 5.69 Å². The van der Waals surface area contributed by atoms with Gasteiger partial charge in [-0.1, -0.05) is 23.8 Å². The number of aromatic nitrogens is 2. The molecule has 2 aromatic carbocycles. The topological polar surface area (TPSA) is 46.9 Å². The molecule has 0 bridgehead atoms. The summed E-state index contributed by atoms with van der Waals surface area (Å²) < 4.78 is 29.3. The van der Waals surface area contributed by atoms with E-state index in [4.69, 9.17) is 0 Å². The maximum Gasteiger partial charge on any atom is 0.274 e. The number of benzene rings is 2. The lowest BCUT2D eigenvalue weighted by molar-refractivity contribution is 0.101.